The van der Waals surface area contributed by atoms with E-state index in [-0.39, 0.29) is 0 Å². The van der Waals surface area contributed by atoms with Gasteiger partial charge in [-0.3, -0.25) is 5.43 Å². The number of carbonyl (C=O) groups is 1. The maximum atomic E-state index is 12.2. The zero-order valence-electron chi connectivity index (χ0n) is 9.18. The summed E-state index contributed by atoms with van der Waals surface area (Å²) in [6.45, 7) is 4.93. The maximum Gasteiger partial charge on any atom is 0.431 e. The Morgan fingerprint density at radius 1 is 1.44 bits per heavy atom. The second-order valence-electron chi connectivity index (χ2n) is 4.48. The third-order valence-electron chi connectivity index (χ3n) is 1.77. The van der Waals surface area contributed by atoms with E-state index in [1.165, 1.54) is 0 Å². The van der Waals surface area contributed by atoms with Crippen molar-refractivity contribution in [2.75, 3.05) is 0 Å². The van der Waals surface area contributed by atoms with E-state index in [2.05, 4.69) is 10.5 Å². The van der Waals surface area contributed by atoms with Gasteiger partial charge in [0.25, 0.3) is 0 Å². The summed E-state index contributed by atoms with van der Waals surface area (Å²) >= 11 is 0. The van der Waals surface area contributed by atoms with Crippen LogP contribution in [0.4, 0.5) is 13.2 Å². The van der Waals surface area contributed by atoms with Crippen LogP contribution in [0.15, 0.2) is 5.10 Å². The Balaban J connectivity index is 2.54. The Hall–Kier alpha value is -1.27. The quantitative estimate of drug-likeness (QED) is 0.706. The van der Waals surface area contributed by atoms with Crippen molar-refractivity contribution in [1.82, 2.24) is 5.43 Å². The van der Waals surface area contributed by atoms with Crippen molar-refractivity contribution < 1.29 is 22.7 Å². The number of hydrazone groups is 1. The van der Waals surface area contributed by atoms with Crippen molar-refractivity contribution >= 4 is 11.7 Å². The number of carbonyl (C=O) groups excluding carboxylic acids is 1. The first-order chi connectivity index (χ1) is 7.09. The van der Waals surface area contributed by atoms with E-state index in [1.54, 1.807) is 20.8 Å². The molecule has 0 bridgehead atoms. The molecule has 1 atom stereocenters. The predicted octanol–water partition coefficient (Wildman–Crippen LogP) is 1.61. The minimum Gasteiger partial charge on any atom is -0.458 e. The van der Waals surface area contributed by atoms with Crippen molar-refractivity contribution in [3.8, 4) is 0 Å². The van der Waals surface area contributed by atoms with Gasteiger partial charge < -0.3 is 4.74 Å². The van der Waals surface area contributed by atoms with Gasteiger partial charge in [0.05, 0.1) is 0 Å². The summed E-state index contributed by atoms with van der Waals surface area (Å²) in [6.07, 6.45) is -4.98. The van der Waals surface area contributed by atoms with Crippen LogP contribution in [0.25, 0.3) is 0 Å². The highest BCUT2D eigenvalue weighted by molar-refractivity contribution is 5.95. The molecule has 1 N–H and O–H groups in total. The van der Waals surface area contributed by atoms with Crippen molar-refractivity contribution in [2.45, 2.75) is 45.0 Å². The molecule has 4 nitrogen and oxygen atoms in total. The Morgan fingerprint density at radius 2 is 2.00 bits per heavy atom. The van der Waals surface area contributed by atoms with E-state index in [0.29, 0.717) is 0 Å². The predicted molar refractivity (Wildman–Crippen MR) is 50.9 cm³/mol. The fourth-order valence-electron chi connectivity index (χ4n) is 1.13. The summed E-state index contributed by atoms with van der Waals surface area (Å²) in [7, 11) is 0. The Morgan fingerprint density at radius 3 is 2.38 bits per heavy atom. The number of hydrogen-bond acceptors (Lipinski definition) is 4. The van der Waals surface area contributed by atoms with E-state index in [4.69, 9.17) is 4.74 Å². The van der Waals surface area contributed by atoms with Crippen molar-refractivity contribution in [2.24, 2.45) is 5.10 Å². The third-order valence-corrected chi connectivity index (χ3v) is 1.77. The molecule has 0 aromatic carbocycles. The van der Waals surface area contributed by atoms with Gasteiger partial charge in [0.15, 0.2) is 0 Å². The second kappa shape index (κ2) is 3.95. The largest absolute Gasteiger partial charge is 0.458 e. The lowest BCUT2D eigenvalue weighted by Gasteiger charge is -2.21. The van der Waals surface area contributed by atoms with Gasteiger partial charge >= 0.3 is 12.1 Å². The third kappa shape index (κ3) is 3.39. The lowest BCUT2D eigenvalue weighted by atomic mass is 10.1. The molecule has 0 saturated carbocycles. The molecule has 92 valence electrons. The number of esters is 1. The molecule has 7 heteroatoms. The van der Waals surface area contributed by atoms with E-state index in [0.717, 1.165) is 0 Å². The van der Waals surface area contributed by atoms with Crippen LogP contribution in [0, 0.1) is 0 Å². The molecule has 1 aliphatic rings. The summed E-state index contributed by atoms with van der Waals surface area (Å²) in [4.78, 5) is 11.4. The lowest BCUT2D eigenvalue weighted by molar-refractivity contribution is -0.157. The number of nitrogens with zero attached hydrogens (tertiary/aromatic N) is 1. The van der Waals surface area contributed by atoms with E-state index < -0.39 is 35.9 Å². The van der Waals surface area contributed by atoms with Gasteiger partial charge in [-0.25, -0.2) is 4.79 Å². The summed E-state index contributed by atoms with van der Waals surface area (Å²) in [5, 5.41) is 3.08. The highest BCUT2D eigenvalue weighted by Crippen LogP contribution is 2.24. The molecule has 16 heavy (non-hydrogen) atoms. The lowest BCUT2D eigenvalue weighted by Crippen LogP contribution is -2.37. The summed E-state index contributed by atoms with van der Waals surface area (Å²) < 4.78 is 41.6. The summed E-state index contributed by atoms with van der Waals surface area (Å²) in [5.74, 6) is -0.726. The topological polar surface area (TPSA) is 50.7 Å². The number of hydrogen-bond donors (Lipinski definition) is 1. The molecule has 1 unspecified atom stereocenters. The SMILES string of the molecule is CC(C)(C)OC(=O)C1CC(C(F)(F)F)=NN1. The second-order valence-corrected chi connectivity index (χ2v) is 4.48. The first-order valence-electron chi connectivity index (χ1n) is 4.72. The minimum atomic E-state index is -4.50. The average molecular weight is 238 g/mol. The average Bonchev–Trinajstić information content (AvgIpc) is 2.46. The summed E-state index contributed by atoms with van der Waals surface area (Å²) in [5.41, 5.74) is 0.424. The molecule has 0 spiro atoms. The van der Waals surface area contributed by atoms with Crippen LogP contribution in [0.2, 0.25) is 0 Å². The molecule has 1 heterocycles. The molecule has 0 aromatic rings. The molecule has 0 aromatic heterocycles. The van der Waals surface area contributed by atoms with Crippen LogP contribution in [0.5, 0.6) is 0 Å². The van der Waals surface area contributed by atoms with Crippen LogP contribution in [0.1, 0.15) is 27.2 Å². The molecule has 1 rings (SSSR count). The maximum absolute atomic E-state index is 12.2. The minimum absolute atomic E-state index is 0.488. The van der Waals surface area contributed by atoms with Crippen LogP contribution in [0.3, 0.4) is 0 Å². The van der Waals surface area contributed by atoms with E-state index in [9.17, 15) is 18.0 Å². The van der Waals surface area contributed by atoms with Crippen LogP contribution in [-0.4, -0.2) is 29.5 Å². The van der Waals surface area contributed by atoms with Crippen molar-refractivity contribution in [3.05, 3.63) is 0 Å². The van der Waals surface area contributed by atoms with Gasteiger partial charge in [0, 0.05) is 6.42 Å². The zero-order chi connectivity index (χ0) is 12.6. The fourth-order valence-corrected chi connectivity index (χ4v) is 1.13. The zero-order valence-corrected chi connectivity index (χ0v) is 9.18. The molecule has 0 amide bonds. The molecule has 0 aliphatic carbocycles. The Kier molecular flexibility index (Phi) is 3.16. The molecule has 1 aliphatic heterocycles. The van der Waals surface area contributed by atoms with E-state index >= 15 is 0 Å². The number of ether oxygens (including phenoxy) is 1. The molecule has 0 saturated heterocycles. The van der Waals surface area contributed by atoms with E-state index in [1.807, 2.05) is 0 Å². The monoisotopic (exact) mass is 238 g/mol. The van der Waals surface area contributed by atoms with Gasteiger partial charge in [0.2, 0.25) is 0 Å². The summed E-state index contributed by atoms with van der Waals surface area (Å²) in [6, 6.07) is -1.05. The molecular weight excluding hydrogens is 225 g/mol. The standard InChI is InChI=1S/C9H13F3N2O2/c1-8(2,3)16-7(15)5-4-6(14-13-5)9(10,11)12/h5,13H,4H2,1-3H3. The molecule has 0 fully saturated rings. The normalized spacial score (nSPS) is 21.4. The highest BCUT2D eigenvalue weighted by Gasteiger charge is 2.42. The van der Waals surface area contributed by atoms with Gasteiger partial charge in [-0.2, -0.15) is 18.3 Å². The number of halogens is 3. The number of rotatable bonds is 1. The van der Waals surface area contributed by atoms with Gasteiger partial charge in [-0.1, -0.05) is 0 Å². The first kappa shape index (κ1) is 12.8. The smallest absolute Gasteiger partial charge is 0.431 e. The van der Waals surface area contributed by atoms with Crippen molar-refractivity contribution in [3.63, 3.8) is 0 Å². The fraction of sp³-hybridized carbons (Fsp3) is 0.778. The number of alkyl halides is 3. The molecule has 0 radical (unpaired) electrons. The van der Waals surface area contributed by atoms with Crippen LogP contribution in [-0.2, 0) is 9.53 Å². The highest BCUT2D eigenvalue weighted by atomic mass is 19.4. The van der Waals surface area contributed by atoms with Gasteiger partial charge in [-0.05, 0) is 20.8 Å². The van der Waals surface area contributed by atoms with Gasteiger partial charge in [0.1, 0.15) is 17.4 Å². The van der Waals surface area contributed by atoms with Crippen molar-refractivity contribution in [1.29, 1.82) is 0 Å². The molecular formula is C9H13F3N2O2. The Bertz CT molecular complexity index is 318. The Labute approximate surface area is 90.8 Å². The van der Waals surface area contributed by atoms with Crippen LogP contribution >= 0.6 is 0 Å². The number of nitrogens with one attached hydrogen (secondary N) is 1. The van der Waals surface area contributed by atoms with Gasteiger partial charge in [-0.15, -0.1) is 0 Å². The van der Waals surface area contributed by atoms with Crippen LogP contribution < -0.4 is 5.43 Å². The first-order valence-corrected chi connectivity index (χ1v) is 4.72.